The first-order valence-electron chi connectivity index (χ1n) is 6.42. The van der Waals surface area contributed by atoms with E-state index >= 15 is 0 Å². The van der Waals surface area contributed by atoms with E-state index in [1.165, 1.54) is 0 Å². The number of rotatable bonds is 2. The van der Waals surface area contributed by atoms with Crippen LogP contribution >= 0.6 is 0 Å². The molecule has 0 aromatic carbocycles. The lowest BCUT2D eigenvalue weighted by Gasteiger charge is -2.31. The summed E-state index contributed by atoms with van der Waals surface area (Å²) in [5.41, 5.74) is 1.12. The van der Waals surface area contributed by atoms with Crippen LogP contribution in [0, 0.1) is 6.92 Å². The molecule has 1 aliphatic heterocycles. The Morgan fingerprint density at radius 3 is 2.12 bits per heavy atom. The van der Waals surface area contributed by atoms with Crippen molar-refractivity contribution in [2.45, 2.75) is 27.3 Å². The van der Waals surface area contributed by atoms with E-state index in [0.29, 0.717) is 0 Å². The van der Waals surface area contributed by atoms with Crippen molar-refractivity contribution in [2.24, 2.45) is 0 Å². The van der Waals surface area contributed by atoms with Crippen LogP contribution in [-0.2, 0) is 6.54 Å². The predicted molar refractivity (Wildman–Crippen MR) is 70.9 cm³/mol. The van der Waals surface area contributed by atoms with Crippen LogP contribution in [0.1, 0.15) is 25.2 Å². The van der Waals surface area contributed by atoms with Crippen molar-refractivity contribution in [3.8, 4) is 0 Å². The molecule has 4 nitrogen and oxygen atoms in total. The summed E-state index contributed by atoms with van der Waals surface area (Å²) in [6, 6.07) is 0. The quantitative estimate of drug-likeness (QED) is 0.780. The van der Waals surface area contributed by atoms with E-state index in [4.69, 9.17) is 0 Å². The molecule has 0 unspecified atom stereocenters. The predicted octanol–water partition coefficient (Wildman–Crippen LogP) is 1.56. The second-order valence-electron chi connectivity index (χ2n) is 4.26. The molecule has 1 saturated heterocycles. The van der Waals surface area contributed by atoms with E-state index in [2.05, 4.69) is 26.8 Å². The Morgan fingerprint density at radius 2 is 1.59 bits per heavy atom. The minimum absolute atomic E-state index is 0.883. The first kappa shape index (κ1) is 14.1. The van der Waals surface area contributed by atoms with Gasteiger partial charge in [-0.2, -0.15) is 0 Å². The van der Waals surface area contributed by atoms with Gasteiger partial charge in [-0.25, -0.2) is 9.97 Å². The summed E-state index contributed by atoms with van der Waals surface area (Å²) in [6.07, 6.45) is 3.77. The van der Waals surface area contributed by atoms with E-state index < -0.39 is 0 Å². The van der Waals surface area contributed by atoms with Gasteiger partial charge >= 0.3 is 0 Å². The van der Waals surface area contributed by atoms with Crippen molar-refractivity contribution in [3.63, 3.8) is 0 Å². The maximum Gasteiger partial charge on any atom is 0.142 e. The molecular weight excluding hydrogens is 212 g/mol. The Labute approximate surface area is 105 Å². The topological polar surface area (TPSA) is 32.3 Å². The minimum Gasteiger partial charge on any atom is -0.304 e. The number of aryl methyl sites for hydroxylation is 1. The fourth-order valence-electron chi connectivity index (χ4n) is 1.71. The van der Waals surface area contributed by atoms with Gasteiger partial charge in [0, 0.05) is 38.6 Å². The normalized spacial score (nSPS) is 17.4. The van der Waals surface area contributed by atoms with Gasteiger partial charge in [0.25, 0.3) is 0 Å². The van der Waals surface area contributed by atoms with Crippen LogP contribution in [0.2, 0.25) is 0 Å². The fraction of sp³-hybridized carbons (Fsp3) is 0.692. The molecule has 96 valence electrons. The summed E-state index contributed by atoms with van der Waals surface area (Å²) in [5.74, 6) is 0.935. The first-order chi connectivity index (χ1) is 8.24. The summed E-state index contributed by atoms with van der Waals surface area (Å²) in [7, 11) is 2.17. The van der Waals surface area contributed by atoms with Gasteiger partial charge in [0.15, 0.2) is 0 Å². The molecule has 0 spiro atoms. The lowest BCUT2D eigenvalue weighted by atomic mass is 10.3. The van der Waals surface area contributed by atoms with Crippen molar-refractivity contribution >= 4 is 0 Å². The Morgan fingerprint density at radius 1 is 1.06 bits per heavy atom. The second kappa shape index (κ2) is 7.35. The molecule has 0 amide bonds. The molecule has 2 rings (SSSR count). The van der Waals surface area contributed by atoms with Crippen LogP contribution in [0.4, 0.5) is 0 Å². The van der Waals surface area contributed by atoms with Crippen LogP contribution in [-0.4, -0.2) is 53.0 Å². The number of hydrogen-bond donors (Lipinski definition) is 0. The zero-order valence-corrected chi connectivity index (χ0v) is 11.5. The molecular formula is C13H24N4. The van der Waals surface area contributed by atoms with Crippen molar-refractivity contribution in [3.05, 3.63) is 23.8 Å². The molecule has 1 aromatic rings. The SMILES string of the molecule is CC.Cc1cnc(CN2CCN(C)CC2)nc1. The van der Waals surface area contributed by atoms with E-state index in [1.54, 1.807) is 0 Å². The third-order valence-electron chi connectivity index (χ3n) is 2.80. The fourth-order valence-corrected chi connectivity index (χ4v) is 1.71. The van der Waals surface area contributed by atoms with Crippen LogP contribution in [0.25, 0.3) is 0 Å². The van der Waals surface area contributed by atoms with E-state index in [-0.39, 0.29) is 0 Å². The van der Waals surface area contributed by atoms with Gasteiger partial charge in [-0.05, 0) is 19.5 Å². The van der Waals surface area contributed by atoms with Gasteiger partial charge in [0.1, 0.15) is 5.82 Å². The summed E-state index contributed by atoms with van der Waals surface area (Å²) in [6.45, 7) is 11.4. The Bertz CT molecular complexity index is 302. The molecule has 1 fully saturated rings. The van der Waals surface area contributed by atoms with E-state index in [0.717, 1.165) is 44.1 Å². The Balaban J connectivity index is 0.000000686. The van der Waals surface area contributed by atoms with E-state index in [9.17, 15) is 0 Å². The van der Waals surface area contributed by atoms with Crippen LogP contribution in [0.5, 0.6) is 0 Å². The maximum absolute atomic E-state index is 4.33. The molecule has 0 aliphatic carbocycles. The third-order valence-corrected chi connectivity index (χ3v) is 2.80. The lowest BCUT2D eigenvalue weighted by molar-refractivity contribution is 0.145. The summed E-state index contributed by atoms with van der Waals surface area (Å²) in [4.78, 5) is 13.4. The third kappa shape index (κ3) is 4.79. The Hall–Kier alpha value is -1.00. The molecule has 17 heavy (non-hydrogen) atoms. The molecule has 1 aromatic heterocycles. The molecule has 0 bridgehead atoms. The zero-order valence-electron chi connectivity index (χ0n) is 11.5. The van der Waals surface area contributed by atoms with Gasteiger partial charge in [0.05, 0.1) is 6.54 Å². The summed E-state index contributed by atoms with van der Waals surface area (Å²) in [5, 5.41) is 0. The standard InChI is InChI=1S/C11H18N4.C2H6/c1-10-7-12-11(13-8-10)9-15-5-3-14(2)4-6-15;1-2/h7-8H,3-6,9H2,1-2H3;1-2H3. The molecule has 1 aliphatic rings. The maximum atomic E-state index is 4.33. The number of hydrogen-bond acceptors (Lipinski definition) is 4. The minimum atomic E-state index is 0.883. The van der Waals surface area contributed by atoms with Crippen molar-refractivity contribution < 1.29 is 0 Å². The number of nitrogens with zero attached hydrogens (tertiary/aromatic N) is 4. The highest BCUT2D eigenvalue weighted by Gasteiger charge is 2.14. The number of piperazine rings is 1. The van der Waals surface area contributed by atoms with Crippen molar-refractivity contribution in [1.82, 2.24) is 19.8 Å². The van der Waals surface area contributed by atoms with Crippen molar-refractivity contribution in [1.29, 1.82) is 0 Å². The molecule has 0 N–H and O–H groups in total. The average Bonchev–Trinajstić information content (AvgIpc) is 2.37. The smallest absolute Gasteiger partial charge is 0.142 e. The monoisotopic (exact) mass is 236 g/mol. The van der Waals surface area contributed by atoms with E-state index in [1.807, 2.05) is 33.2 Å². The van der Waals surface area contributed by atoms with Crippen LogP contribution in [0.15, 0.2) is 12.4 Å². The Kier molecular flexibility index (Phi) is 6.08. The molecule has 2 heterocycles. The van der Waals surface area contributed by atoms with Gasteiger partial charge in [-0.1, -0.05) is 13.8 Å². The molecule has 0 radical (unpaired) electrons. The summed E-state index contributed by atoms with van der Waals surface area (Å²) < 4.78 is 0. The number of likely N-dealkylation sites (N-methyl/N-ethyl adjacent to an activating group) is 1. The largest absolute Gasteiger partial charge is 0.304 e. The highest BCUT2D eigenvalue weighted by Crippen LogP contribution is 2.03. The van der Waals surface area contributed by atoms with Crippen LogP contribution < -0.4 is 0 Å². The van der Waals surface area contributed by atoms with Crippen LogP contribution in [0.3, 0.4) is 0 Å². The molecule has 0 atom stereocenters. The second-order valence-corrected chi connectivity index (χ2v) is 4.26. The van der Waals surface area contributed by atoms with Gasteiger partial charge in [-0.15, -0.1) is 0 Å². The number of aromatic nitrogens is 2. The van der Waals surface area contributed by atoms with Crippen molar-refractivity contribution in [2.75, 3.05) is 33.2 Å². The lowest BCUT2D eigenvalue weighted by Crippen LogP contribution is -2.44. The first-order valence-corrected chi connectivity index (χ1v) is 6.42. The highest BCUT2D eigenvalue weighted by atomic mass is 15.2. The van der Waals surface area contributed by atoms with Gasteiger partial charge in [-0.3, -0.25) is 4.90 Å². The average molecular weight is 236 g/mol. The van der Waals surface area contributed by atoms with Gasteiger partial charge in [0.2, 0.25) is 0 Å². The molecule has 4 heteroatoms. The highest BCUT2D eigenvalue weighted by molar-refractivity contribution is 5.01. The van der Waals surface area contributed by atoms with Gasteiger partial charge < -0.3 is 4.90 Å². The zero-order chi connectivity index (χ0) is 12.7. The molecule has 0 saturated carbocycles. The summed E-state index contributed by atoms with van der Waals surface area (Å²) >= 11 is 0.